The van der Waals surface area contributed by atoms with Gasteiger partial charge in [0.1, 0.15) is 0 Å². The van der Waals surface area contributed by atoms with Gasteiger partial charge in [0.25, 0.3) is 0 Å². The molecule has 0 bridgehead atoms. The number of halogens is 1. The number of aliphatic hydroxyl groups is 1. The molecule has 17 heavy (non-hydrogen) atoms. The molecule has 0 aliphatic rings. The van der Waals surface area contributed by atoms with Gasteiger partial charge in [-0.05, 0) is 19.8 Å². The topological polar surface area (TPSA) is 38.1 Å². The molecule has 1 heterocycles. The summed E-state index contributed by atoms with van der Waals surface area (Å²) in [6.07, 6.45) is 4.14. The first-order chi connectivity index (χ1) is 8.13. The molecule has 0 saturated heterocycles. The van der Waals surface area contributed by atoms with Crippen LogP contribution >= 0.6 is 11.6 Å². The minimum atomic E-state index is -0.306. The second kappa shape index (κ2) is 7.02. The lowest BCUT2D eigenvalue weighted by Gasteiger charge is -2.11. The molecule has 0 aliphatic carbocycles. The molecule has 98 valence electrons. The highest BCUT2D eigenvalue weighted by atomic mass is 35.5. The lowest BCUT2D eigenvalue weighted by Crippen LogP contribution is -2.14. The molecule has 3 nitrogen and oxygen atoms in total. The largest absolute Gasteiger partial charge is 0.393 e. The van der Waals surface area contributed by atoms with Crippen LogP contribution in [0.3, 0.4) is 0 Å². The Labute approximate surface area is 109 Å². The molecular weight excluding hydrogens is 236 g/mol. The molecule has 4 heteroatoms. The van der Waals surface area contributed by atoms with Gasteiger partial charge in [0.05, 0.1) is 22.5 Å². The Bertz CT molecular complexity index is 349. The second-order valence-electron chi connectivity index (χ2n) is 4.38. The third kappa shape index (κ3) is 3.71. The van der Waals surface area contributed by atoms with E-state index in [4.69, 9.17) is 11.6 Å². The number of hydrogen-bond donors (Lipinski definition) is 1. The average Bonchev–Trinajstić information content (AvgIpc) is 2.63. The van der Waals surface area contributed by atoms with Crippen LogP contribution in [0, 0.1) is 0 Å². The summed E-state index contributed by atoms with van der Waals surface area (Å²) in [6.45, 7) is 7.02. The first kappa shape index (κ1) is 14.5. The van der Waals surface area contributed by atoms with Crippen molar-refractivity contribution in [3.8, 4) is 0 Å². The van der Waals surface area contributed by atoms with E-state index in [1.807, 2.05) is 18.5 Å². The first-order valence-corrected chi connectivity index (χ1v) is 6.93. The molecule has 0 saturated carbocycles. The summed E-state index contributed by atoms with van der Waals surface area (Å²) < 4.78 is 1.91. The predicted molar refractivity (Wildman–Crippen MR) is 71.5 cm³/mol. The highest BCUT2D eigenvalue weighted by molar-refractivity contribution is 6.31. The standard InChI is InChI=1S/C13H23ClN2O/c1-4-7-8-10(17)9-12-13(14)11(5-2)15-16(12)6-3/h10,17H,4-9H2,1-3H3. The van der Waals surface area contributed by atoms with E-state index in [9.17, 15) is 5.11 Å². The Kier molecular flexibility index (Phi) is 6.00. The predicted octanol–water partition coefficient (Wildman–Crippen LogP) is 3.21. The average molecular weight is 259 g/mol. The maximum atomic E-state index is 9.96. The smallest absolute Gasteiger partial charge is 0.0850 e. The fourth-order valence-electron chi connectivity index (χ4n) is 1.98. The molecular formula is C13H23ClN2O. The van der Waals surface area contributed by atoms with Crippen LogP contribution in [-0.2, 0) is 19.4 Å². The van der Waals surface area contributed by atoms with E-state index < -0.39 is 0 Å². The van der Waals surface area contributed by atoms with Gasteiger partial charge < -0.3 is 5.11 Å². The number of aliphatic hydroxyl groups excluding tert-OH is 1. The van der Waals surface area contributed by atoms with Crippen LogP contribution in [0.4, 0.5) is 0 Å². The molecule has 1 rings (SSSR count). The number of unbranched alkanes of at least 4 members (excludes halogenated alkanes) is 1. The summed E-state index contributed by atoms with van der Waals surface area (Å²) in [6, 6.07) is 0. The van der Waals surface area contributed by atoms with Crippen molar-refractivity contribution in [2.24, 2.45) is 0 Å². The van der Waals surface area contributed by atoms with E-state index in [-0.39, 0.29) is 6.10 Å². The normalized spacial score (nSPS) is 13.0. The zero-order chi connectivity index (χ0) is 12.8. The summed E-state index contributed by atoms with van der Waals surface area (Å²) in [5.74, 6) is 0. The van der Waals surface area contributed by atoms with E-state index in [0.717, 1.165) is 48.6 Å². The minimum absolute atomic E-state index is 0.306. The van der Waals surface area contributed by atoms with Crippen molar-refractivity contribution in [1.29, 1.82) is 0 Å². The molecule has 1 aromatic rings. The number of rotatable bonds is 7. The molecule has 0 fully saturated rings. The van der Waals surface area contributed by atoms with Crippen molar-refractivity contribution in [3.63, 3.8) is 0 Å². The first-order valence-electron chi connectivity index (χ1n) is 6.56. The third-order valence-electron chi connectivity index (χ3n) is 3.01. The van der Waals surface area contributed by atoms with Crippen LogP contribution < -0.4 is 0 Å². The van der Waals surface area contributed by atoms with Gasteiger partial charge in [0, 0.05) is 13.0 Å². The van der Waals surface area contributed by atoms with Crippen molar-refractivity contribution in [2.75, 3.05) is 0 Å². The number of aromatic nitrogens is 2. The fraction of sp³-hybridized carbons (Fsp3) is 0.769. The van der Waals surface area contributed by atoms with Crippen LogP contribution in [0.1, 0.15) is 51.4 Å². The van der Waals surface area contributed by atoms with Gasteiger partial charge in [-0.1, -0.05) is 38.3 Å². The monoisotopic (exact) mass is 258 g/mol. The number of aryl methyl sites for hydroxylation is 2. The van der Waals surface area contributed by atoms with Crippen molar-refractivity contribution in [2.45, 2.75) is 65.5 Å². The molecule has 1 N–H and O–H groups in total. The number of hydrogen-bond acceptors (Lipinski definition) is 2. The molecule has 0 amide bonds. The second-order valence-corrected chi connectivity index (χ2v) is 4.75. The Hall–Kier alpha value is -0.540. The van der Waals surface area contributed by atoms with Crippen molar-refractivity contribution >= 4 is 11.6 Å². The van der Waals surface area contributed by atoms with Crippen LogP contribution in [0.5, 0.6) is 0 Å². The van der Waals surface area contributed by atoms with Crippen molar-refractivity contribution in [3.05, 3.63) is 16.4 Å². The quantitative estimate of drug-likeness (QED) is 0.816. The highest BCUT2D eigenvalue weighted by Gasteiger charge is 2.17. The van der Waals surface area contributed by atoms with E-state index in [0.29, 0.717) is 6.42 Å². The summed E-state index contributed by atoms with van der Waals surface area (Å²) in [4.78, 5) is 0. The van der Waals surface area contributed by atoms with E-state index in [2.05, 4.69) is 12.0 Å². The highest BCUT2D eigenvalue weighted by Crippen LogP contribution is 2.23. The fourth-order valence-corrected chi connectivity index (χ4v) is 2.32. The molecule has 1 unspecified atom stereocenters. The zero-order valence-electron chi connectivity index (χ0n) is 11.0. The Morgan fingerprint density at radius 3 is 2.59 bits per heavy atom. The molecule has 0 aliphatic heterocycles. The van der Waals surface area contributed by atoms with Crippen LogP contribution in [-0.4, -0.2) is 21.0 Å². The molecule has 0 radical (unpaired) electrons. The van der Waals surface area contributed by atoms with Gasteiger partial charge in [0.2, 0.25) is 0 Å². The molecule has 1 aromatic heterocycles. The summed E-state index contributed by atoms with van der Waals surface area (Å²) in [5, 5.41) is 15.2. The van der Waals surface area contributed by atoms with E-state index in [1.165, 1.54) is 0 Å². The van der Waals surface area contributed by atoms with Gasteiger partial charge in [-0.15, -0.1) is 0 Å². The Balaban J connectivity index is 2.78. The maximum absolute atomic E-state index is 9.96. The minimum Gasteiger partial charge on any atom is -0.393 e. The zero-order valence-corrected chi connectivity index (χ0v) is 11.8. The third-order valence-corrected chi connectivity index (χ3v) is 3.45. The van der Waals surface area contributed by atoms with Crippen molar-refractivity contribution < 1.29 is 5.11 Å². The van der Waals surface area contributed by atoms with Crippen LogP contribution in [0.15, 0.2) is 0 Å². The van der Waals surface area contributed by atoms with Gasteiger partial charge in [-0.2, -0.15) is 5.10 Å². The van der Waals surface area contributed by atoms with Gasteiger partial charge in [-0.3, -0.25) is 4.68 Å². The number of nitrogens with zero attached hydrogens (tertiary/aromatic N) is 2. The summed E-state index contributed by atoms with van der Waals surface area (Å²) >= 11 is 6.29. The lowest BCUT2D eigenvalue weighted by molar-refractivity contribution is 0.159. The SMILES string of the molecule is CCCCC(O)Cc1c(Cl)c(CC)nn1CC. The van der Waals surface area contributed by atoms with E-state index in [1.54, 1.807) is 0 Å². The Morgan fingerprint density at radius 2 is 2.06 bits per heavy atom. The summed E-state index contributed by atoms with van der Waals surface area (Å²) in [7, 11) is 0. The van der Waals surface area contributed by atoms with Gasteiger partial charge in [-0.25, -0.2) is 0 Å². The van der Waals surface area contributed by atoms with Crippen molar-refractivity contribution in [1.82, 2.24) is 9.78 Å². The molecule has 0 aromatic carbocycles. The van der Waals surface area contributed by atoms with Gasteiger partial charge in [0.15, 0.2) is 0 Å². The summed E-state index contributed by atoms with van der Waals surface area (Å²) in [5.41, 5.74) is 1.92. The lowest BCUT2D eigenvalue weighted by atomic mass is 10.1. The van der Waals surface area contributed by atoms with Crippen LogP contribution in [0.25, 0.3) is 0 Å². The van der Waals surface area contributed by atoms with E-state index >= 15 is 0 Å². The Morgan fingerprint density at radius 1 is 1.35 bits per heavy atom. The molecule has 0 spiro atoms. The maximum Gasteiger partial charge on any atom is 0.0850 e. The van der Waals surface area contributed by atoms with Crippen LogP contribution in [0.2, 0.25) is 5.02 Å². The van der Waals surface area contributed by atoms with Gasteiger partial charge >= 0.3 is 0 Å². The molecule has 1 atom stereocenters.